The van der Waals surface area contributed by atoms with Crippen LogP contribution in [0.25, 0.3) is 87.9 Å². The number of fused-ring (bicyclic) bond motifs is 16. The number of rotatable bonds is 2. The second-order valence-corrected chi connectivity index (χ2v) is 14.6. The highest BCUT2D eigenvalue weighted by Gasteiger charge is 2.51. The largest absolute Gasteiger partial charge is 0.247 e. The van der Waals surface area contributed by atoms with Crippen molar-refractivity contribution in [1.82, 2.24) is 4.98 Å². The lowest BCUT2D eigenvalue weighted by Gasteiger charge is -2.30. The second-order valence-electron chi connectivity index (χ2n) is 14.6. The van der Waals surface area contributed by atoms with Gasteiger partial charge < -0.3 is 0 Å². The minimum Gasteiger partial charge on any atom is -0.247 e. The van der Waals surface area contributed by atoms with Crippen molar-refractivity contribution in [3.63, 3.8) is 0 Å². The third kappa shape index (κ3) is 3.78. The zero-order chi connectivity index (χ0) is 34.7. The molecule has 10 aromatic rings. The first kappa shape index (κ1) is 28.8. The summed E-state index contributed by atoms with van der Waals surface area (Å²) in [6, 6.07) is 69.7. The van der Waals surface area contributed by atoms with Crippen LogP contribution in [0.3, 0.4) is 0 Å². The van der Waals surface area contributed by atoms with Crippen molar-refractivity contribution >= 4 is 43.2 Å². The van der Waals surface area contributed by atoms with E-state index < -0.39 is 5.41 Å². The fourth-order valence-corrected chi connectivity index (χ4v) is 9.87. The molecule has 0 radical (unpaired) electrons. The van der Waals surface area contributed by atoms with E-state index in [0.717, 1.165) is 16.8 Å². The molecule has 2 aliphatic rings. The summed E-state index contributed by atoms with van der Waals surface area (Å²) in [4.78, 5) is 5.41. The number of hydrogen-bond donors (Lipinski definition) is 0. The molecule has 0 atom stereocenters. The number of aromatic nitrogens is 1. The van der Waals surface area contributed by atoms with Gasteiger partial charge in [-0.15, -0.1) is 0 Å². The summed E-state index contributed by atoms with van der Waals surface area (Å²) in [5.74, 6) is 0. The zero-order valence-electron chi connectivity index (χ0n) is 28.8. The zero-order valence-corrected chi connectivity index (χ0v) is 28.8. The quantitative estimate of drug-likeness (QED) is 0.167. The van der Waals surface area contributed by atoms with Crippen molar-refractivity contribution in [2.45, 2.75) is 5.41 Å². The van der Waals surface area contributed by atoms with Crippen LogP contribution in [0.4, 0.5) is 0 Å². The normalized spacial score (nSPS) is 13.4. The SMILES string of the molecule is c1ccc2c(c1)-c1ccccc1C21c2ccccc2-c2ccc(-c3cc4c(-c5ccc6ccccc6c5)nc5ccccc5c4c4ccccc34)cc21. The van der Waals surface area contributed by atoms with E-state index in [-0.39, 0.29) is 0 Å². The third-order valence-corrected chi connectivity index (χ3v) is 12.0. The van der Waals surface area contributed by atoms with E-state index in [1.807, 2.05) is 0 Å². The van der Waals surface area contributed by atoms with Crippen molar-refractivity contribution in [2.75, 3.05) is 0 Å². The molecule has 244 valence electrons. The maximum Gasteiger partial charge on any atom is 0.0788 e. The van der Waals surface area contributed by atoms with E-state index in [1.165, 1.54) is 93.3 Å². The Kier molecular flexibility index (Phi) is 5.77. The molecule has 0 saturated heterocycles. The van der Waals surface area contributed by atoms with Crippen molar-refractivity contribution in [2.24, 2.45) is 0 Å². The van der Waals surface area contributed by atoms with Crippen molar-refractivity contribution < 1.29 is 0 Å². The predicted octanol–water partition coefficient (Wildman–Crippen LogP) is 13.4. The summed E-state index contributed by atoms with van der Waals surface area (Å²) < 4.78 is 0. The molecule has 0 unspecified atom stereocenters. The van der Waals surface area contributed by atoms with Crippen molar-refractivity contribution in [3.05, 3.63) is 210 Å². The first-order valence-corrected chi connectivity index (χ1v) is 18.5. The minimum atomic E-state index is -0.393. The summed E-state index contributed by atoms with van der Waals surface area (Å²) in [6.45, 7) is 0. The van der Waals surface area contributed by atoms with E-state index in [9.17, 15) is 0 Å². The van der Waals surface area contributed by atoms with Crippen LogP contribution >= 0.6 is 0 Å². The molecule has 0 N–H and O–H groups in total. The average Bonchev–Trinajstić information content (AvgIpc) is 3.70. The number of para-hydroxylation sites is 1. The molecule has 9 aromatic carbocycles. The second kappa shape index (κ2) is 10.6. The van der Waals surface area contributed by atoms with Gasteiger partial charge in [-0.05, 0) is 101 Å². The van der Waals surface area contributed by atoms with Crippen LogP contribution in [0.2, 0.25) is 0 Å². The van der Waals surface area contributed by atoms with E-state index in [1.54, 1.807) is 0 Å². The summed E-state index contributed by atoms with van der Waals surface area (Å²) >= 11 is 0. The van der Waals surface area contributed by atoms with Gasteiger partial charge in [0.2, 0.25) is 0 Å². The molecule has 1 nitrogen and oxygen atoms in total. The Morgan fingerprint density at radius 3 is 1.58 bits per heavy atom. The van der Waals surface area contributed by atoms with Gasteiger partial charge in [0.05, 0.1) is 16.6 Å². The Morgan fingerprint density at radius 1 is 0.321 bits per heavy atom. The maximum atomic E-state index is 5.41. The van der Waals surface area contributed by atoms with Gasteiger partial charge in [-0.2, -0.15) is 0 Å². The lowest BCUT2D eigenvalue weighted by atomic mass is 9.70. The Bertz CT molecular complexity index is 3120. The number of hydrogen-bond acceptors (Lipinski definition) is 1. The molecule has 0 amide bonds. The molecule has 1 heteroatoms. The molecule has 0 saturated carbocycles. The van der Waals surface area contributed by atoms with E-state index in [2.05, 4.69) is 188 Å². The topological polar surface area (TPSA) is 12.9 Å². The van der Waals surface area contributed by atoms with Crippen LogP contribution in [-0.4, -0.2) is 4.98 Å². The van der Waals surface area contributed by atoms with E-state index >= 15 is 0 Å². The first-order chi connectivity index (χ1) is 26.3. The van der Waals surface area contributed by atoms with Crippen LogP contribution in [-0.2, 0) is 5.41 Å². The van der Waals surface area contributed by atoms with Gasteiger partial charge in [-0.1, -0.05) is 164 Å². The van der Waals surface area contributed by atoms with Gasteiger partial charge in [0, 0.05) is 21.7 Å². The molecule has 0 aliphatic heterocycles. The predicted molar refractivity (Wildman–Crippen MR) is 221 cm³/mol. The Morgan fingerprint density at radius 2 is 0.868 bits per heavy atom. The molecule has 2 aliphatic carbocycles. The number of pyridine rings is 1. The Balaban J connectivity index is 1.19. The molecule has 1 spiro atoms. The Hall–Kier alpha value is -6.83. The summed E-state index contributed by atoms with van der Waals surface area (Å²) in [6.07, 6.45) is 0. The minimum absolute atomic E-state index is 0.393. The summed E-state index contributed by atoms with van der Waals surface area (Å²) in [5.41, 5.74) is 15.9. The summed E-state index contributed by atoms with van der Waals surface area (Å²) in [5, 5.41) is 8.54. The third-order valence-electron chi connectivity index (χ3n) is 12.0. The monoisotopic (exact) mass is 669 g/mol. The van der Waals surface area contributed by atoms with Crippen LogP contribution in [0, 0.1) is 0 Å². The van der Waals surface area contributed by atoms with Gasteiger partial charge in [0.15, 0.2) is 0 Å². The first-order valence-electron chi connectivity index (χ1n) is 18.5. The van der Waals surface area contributed by atoms with E-state index in [4.69, 9.17) is 4.98 Å². The molecule has 1 heterocycles. The number of benzene rings is 9. The van der Waals surface area contributed by atoms with E-state index in [0.29, 0.717) is 0 Å². The van der Waals surface area contributed by atoms with Crippen LogP contribution in [0.5, 0.6) is 0 Å². The van der Waals surface area contributed by atoms with Crippen LogP contribution in [0.15, 0.2) is 188 Å². The number of nitrogens with zero attached hydrogens (tertiary/aromatic N) is 1. The molecule has 0 bridgehead atoms. The fourth-order valence-electron chi connectivity index (χ4n) is 9.87. The van der Waals surface area contributed by atoms with Crippen molar-refractivity contribution in [1.29, 1.82) is 0 Å². The molecular weight excluding hydrogens is 639 g/mol. The molecule has 0 fully saturated rings. The Labute approximate surface area is 307 Å². The van der Waals surface area contributed by atoms with Gasteiger partial charge in [0.25, 0.3) is 0 Å². The maximum absolute atomic E-state index is 5.41. The smallest absolute Gasteiger partial charge is 0.0788 e. The van der Waals surface area contributed by atoms with Crippen LogP contribution in [0.1, 0.15) is 22.3 Å². The molecule has 53 heavy (non-hydrogen) atoms. The summed E-state index contributed by atoms with van der Waals surface area (Å²) in [7, 11) is 0. The highest BCUT2D eigenvalue weighted by atomic mass is 14.7. The highest BCUT2D eigenvalue weighted by molar-refractivity contribution is 6.25. The van der Waals surface area contributed by atoms with Crippen LogP contribution < -0.4 is 0 Å². The van der Waals surface area contributed by atoms with Gasteiger partial charge in [-0.25, -0.2) is 4.98 Å². The standard InChI is InChI=1S/C52H31N/c1-2-14-33-29-35(26-25-32(33)13-1)51-44-31-43(36-15-3-4-19-41(36)50(44)42-20-8-12-24-49(42)53-51)34-27-28-40-39-18-7-11-23-47(39)52(48(40)30-34)45-21-9-5-16-37(45)38-17-6-10-22-46(38)52/h1-31H. The average molecular weight is 670 g/mol. The van der Waals surface area contributed by atoms with Gasteiger partial charge in [-0.3, -0.25) is 0 Å². The highest BCUT2D eigenvalue weighted by Crippen LogP contribution is 2.63. The molecule has 12 rings (SSSR count). The van der Waals surface area contributed by atoms with Gasteiger partial charge >= 0.3 is 0 Å². The molecule has 1 aromatic heterocycles. The molecular formula is C52H31N. The van der Waals surface area contributed by atoms with Crippen molar-refractivity contribution in [3.8, 4) is 44.6 Å². The lowest BCUT2D eigenvalue weighted by molar-refractivity contribution is 0.794. The van der Waals surface area contributed by atoms with Gasteiger partial charge in [0.1, 0.15) is 0 Å². The fraction of sp³-hybridized carbons (Fsp3) is 0.0192. The lowest BCUT2D eigenvalue weighted by Crippen LogP contribution is -2.25.